The van der Waals surface area contributed by atoms with E-state index in [1.54, 1.807) is 6.92 Å². The topological polar surface area (TPSA) is 74.2 Å². The van der Waals surface area contributed by atoms with E-state index >= 15 is 0 Å². The van der Waals surface area contributed by atoms with Crippen LogP contribution < -0.4 is 10.2 Å². The van der Waals surface area contributed by atoms with E-state index in [2.05, 4.69) is 56.6 Å². The summed E-state index contributed by atoms with van der Waals surface area (Å²) >= 11 is 0. The highest BCUT2D eigenvalue weighted by molar-refractivity contribution is 5.92. The first-order chi connectivity index (χ1) is 16.6. The Kier molecular flexibility index (Phi) is 6.08. The maximum absolute atomic E-state index is 11.6. The first-order valence-corrected chi connectivity index (χ1v) is 11.6. The van der Waals surface area contributed by atoms with Crippen molar-refractivity contribution in [2.24, 2.45) is 0 Å². The number of carbonyl (C=O) groups is 1. The standard InChI is InChI=1S/C27H28N6O/c1-19-15-23(7-9-28-19)22-5-3-21(4-6-22)17-31-27-25-18-30-26(16-24(25)8-10-29-27)33-13-11-32(12-14-33)20(2)34/h3-10,15-16,18H,11-14,17H2,1-2H3,(H,29,31). The highest BCUT2D eigenvalue weighted by Crippen LogP contribution is 2.26. The second-order valence-electron chi connectivity index (χ2n) is 8.65. The van der Waals surface area contributed by atoms with Crippen molar-refractivity contribution in [3.8, 4) is 11.1 Å². The quantitative estimate of drug-likeness (QED) is 0.487. The molecule has 34 heavy (non-hydrogen) atoms. The molecule has 1 fully saturated rings. The van der Waals surface area contributed by atoms with E-state index in [0.29, 0.717) is 6.54 Å². The Balaban J connectivity index is 1.27. The Bertz CT molecular complexity index is 1310. The molecular formula is C27H28N6O. The lowest BCUT2D eigenvalue weighted by Gasteiger charge is -2.35. The van der Waals surface area contributed by atoms with Crippen LogP contribution in [0.1, 0.15) is 18.2 Å². The van der Waals surface area contributed by atoms with Gasteiger partial charge in [0.05, 0.1) is 0 Å². The van der Waals surface area contributed by atoms with Gasteiger partial charge in [0.1, 0.15) is 11.6 Å². The average molecular weight is 453 g/mol. The fourth-order valence-electron chi connectivity index (χ4n) is 4.35. The number of aryl methyl sites for hydroxylation is 1. The van der Waals surface area contributed by atoms with Crippen LogP contribution in [0.15, 0.2) is 67.1 Å². The van der Waals surface area contributed by atoms with Gasteiger partial charge in [-0.05, 0) is 53.3 Å². The molecular weight excluding hydrogens is 424 g/mol. The van der Waals surface area contributed by atoms with Crippen LogP contribution in [0.25, 0.3) is 21.9 Å². The number of fused-ring (bicyclic) bond motifs is 1. The molecule has 0 unspecified atom stereocenters. The normalized spacial score (nSPS) is 13.8. The third-order valence-electron chi connectivity index (χ3n) is 6.33. The number of aromatic nitrogens is 3. The largest absolute Gasteiger partial charge is 0.365 e. The van der Waals surface area contributed by atoms with E-state index < -0.39 is 0 Å². The number of benzene rings is 1. The molecule has 1 saturated heterocycles. The van der Waals surface area contributed by atoms with E-state index in [0.717, 1.165) is 54.3 Å². The van der Waals surface area contributed by atoms with Crippen LogP contribution >= 0.6 is 0 Å². The lowest BCUT2D eigenvalue weighted by Crippen LogP contribution is -2.48. The lowest BCUT2D eigenvalue weighted by molar-refractivity contribution is -0.129. The van der Waals surface area contributed by atoms with E-state index in [-0.39, 0.29) is 5.91 Å². The molecule has 0 saturated carbocycles. The minimum absolute atomic E-state index is 0.134. The fourth-order valence-corrected chi connectivity index (χ4v) is 4.35. The minimum Gasteiger partial charge on any atom is -0.365 e. The molecule has 4 aromatic rings. The number of piperazine rings is 1. The smallest absolute Gasteiger partial charge is 0.219 e. The molecule has 1 aliphatic rings. The van der Waals surface area contributed by atoms with Crippen LogP contribution in [0.4, 0.5) is 11.6 Å². The van der Waals surface area contributed by atoms with Crippen molar-refractivity contribution < 1.29 is 4.79 Å². The van der Waals surface area contributed by atoms with Gasteiger partial charge in [-0.1, -0.05) is 24.3 Å². The average Bonchev–Trinajstić information content (AvgIpc) is 2.87. The molecule has 4 heterocycles. The molecule has 1 amide bonds. The summed E-state index contributed by atoms with van der Waals surface area (Å²) in [5, 5.41) is 5.57. The molecule has 0 atom stereocenters. The van der Waals surface area contributed by atoms with Gasteiger partial charge in [0.2, 0.25) is 5.91 Å². The Hall–Kier alpha value is -4.00. The minimum atomic E-state index is 0.134. The third-order valence-corrected chi connectivity index (χ3v) is 6.33. The van der Waals surface area contributed by atoms with Gasteiger partial charge in [0.25, 0.3) is 0 Å². The van der Waals surface area contributed by atoms with Crippen LogP contribution in [-0.4, -0.2) is 51.9 Å². The summed E-state index contributed by atoms with van der Waals surface area (Å²) in [6.07, 6.45) is 5.57. The maximum atomic E-state index is 11.6. The van der Waals surface area contributed by atoms with Crippen molar-refractivity contribution in [2.45, 2.75) is 20.4 Å². The molecule has 0 spiro atoms. The van der Waals surface area contributed by atoms with Gasteiger partial charge < -0.3 is 15.1 Å². The monoisotopic (exact) mass is 452 g/mol. The summed E-state index contributed by atoms with van der Waals surface area (Å²) in [5.74, 6) is 1.90. The second kappa shape index (κ2) is 9.47. The van der Waals surface area contributed by atoms with E-state index in [9.17, 15) is 4.79 Å². The van der Waals surface area contributed by atoms with Crippen molar-refractivity contribution in [1.29, 1.82) is 0 Å². The van der Waals surface area contributed by atoms with Crippen LogP contribution in [-0.2, 0) is 11.3 Å². The Morgan fingerprint density at radius 2 is 1.68 bits per heavy atom. The molecule has 1 N–H and O–H groups in total. The Morgan fingerprint density at radius 3 is 2.41 bits per heavy atom. The van der Waals surface area contributed by atoms with Gasteiger partial charge in [-0.25, -0.2) is 9.97 Å². The van der Waals surface area contributed by atoms with E-state index in [1.807, 2.05) is 42.5 Å². The number of carbonyl (C=O) groups excluding carboxylic acids is 1. The van der Waals surface area contributed by atoms with Gasteiger partial charge in [-0.2, -0.15) is 0 Å². The summed E-state index contributed by atoms with van der Waals surface area (Å²) < 4.78 is 0. The molecule has 0 radical (unpaired) electrons. The number of hydrogen-bond acceptors (Lipinski definition) is 6. The summed E-state index contributed by atoms with van der Waals surface area (Å²) in [4.78, 5) is 29.2. The van der Waals surface area contributed by atoms with Crippen LogP contribution in [0, 0.1) is 6.92 Å². The third kappa shape index (κ3) is 4.69. The highest BCUT2D eigenvalue weighted by Gasteiger charge is 2.20. The maximum Gasteiger partial charge on any atom is 0.219 e. The van der Waals surface area contributed by atoms with Crippen molar-refractivity contribution in [1.82, 2.24) is 19.9 Å². The summed E-state index contributed by atoms with van der Waals surface area (Å²) in [5.41, 5.74) is 4.55. The predicted octanol–water partition coefficient (Wildman–Crippen LogP) is 4.28. The summed E-state index contributed by atoms with van der Waals surface area (Å²) in [7, 11) is 0. The van der Waals surface area contributed by atoms with Crippen molar-refractivity contribution in [3.63, 3.8) is 0 Å². The van der Waals surface area contributed by atoms with Crippen LogP contribution in [0.2, 0.25) is 0 Å². The first-order valence-electron chi connectivity index (χ1n) is 11.6. The molecule has 7 nitrogen and oxygen atoms in total. The molecule has 1 aliphatic heterocycles. The van der Waals surface area contributed by atoms with Crippen molar-refractivity contribution in [2.75, 3.05) is 36.4 Å². The lowest BCUT2D eigenvalue weighted by atomic mass is 10.0. The highest BCUT2D eigenvalue weighted by atomic mass is 16.2. The number of nitrogens with zero attached hydrogens (tertiary/aromatic N) is 5. The first kappa shape index (κ1) is 21.8. The number of pyridine rings is 3. The number of amides is 1. The second-order valence-corrected chi connectivity index (χ2v) is 8.65. The number of anilines is 2. The van der Waals surface area contributed by atoms with E-state index in [1.165, 1.54) is 16.7 Å². The van der Waals surface area contributed by atoms with Gasteiger partial charge in [-0.15, -0.1) is 0 Å². The molecule has 1 aromatic carbocycles. The SMILES string of the molecule is CC(=O)N1CCN(c2cc3ccnc(NCc4ccc(-c5ccnc(C)c5)cc4)c3cn2)CC1. The van der Waals surface area contributed by atoms with Gasteiger partial charge in [0, 0.05) is 69.3 Å². The zero-order chi connectivity index (χ0) is 23.5. The predicted molar refractivity (Wildman–Crippen MR) is 136 cm³/mol. The van der Waals surface area contributed by atoms with Gasteiger partial charge in [0.15, 0.2) is 0 Å². The molecule has 3 aromatic heterocycles. The molecule has 0 bridgehead atoms. The molecule has 0 aliphatic carbocycles. The zero-order valence-corrected chi connectivity index (χ0v) is 19.5. The number of rotatable bonds is 5. The van der Waals surface area contributed by atoms with Gasteiger partial charge >= 0.3 is 0 Å². The summed E-state index contributed by atoms with van der Waals surface area (Å²) in [6, 6.07) is 16.8. The number of nitrogens with one attached hydrogen (secondary N) is 1. The van der Waals surface area contributed by atoms with Crippen molar-refractivity contribution in [3.05, 3.63) is 78.4 Å². The van der Waals surface area contributed by atoms with Crippen molar-refractivity contribution >= 4 is 28.3 Å². The fraction of sp³-hybridized carbons (Fsp3) is 0.259. The molecule has 7 heteroatoms. The van der Waals surface area contributed by atoms with Crippen LogP contribution in [0.5, 0.6) is 0 Å². The van der Waals surface area contributed by atoms with E-state index in [4.69, 9.17) is 4.98 Å². The molecule has 172 valence electrons. The van der Waals surface area contributed by atoms with Gasteiger partial charge in [-0.3, -0.25) is 9.78 Å². The molecule has 5 rings (SSSR count). The number of hydrogen-bond donors (Lipinski definition) is 1. The Morgan fingerprint density at radius 1 is 0.912 bits per heavy atom. The summed E-state index contributed by atoms with van der Waals surface area (Å²) in [6.45, 7) is 7.37. The zero-order valence-electron chi connectivity index (χ0n) is 19.5. The Labute approximate surface area is 199 Å². The van der Waals surface area contributed by atoms with Crippen LogP contribution in [0.3, 0.4) is 0 Å².